The third kappa shape index (κ3) is 12.3. The van der Waals surface area contributed by atoms with Gasteiger partial charge in [0, 0.05) is 0 Å². The van der Waals surface area contributed by atoms with Gasteiger partial charge in [-0.1, -0.05) is 134 Å². The summed E-state index contributed by atoms with van der Waals surface area (Å²) in [5.41, 5.74) is 6.87. The first-order chi connectivity index (χ1) is 17.6. The van der Waals surface area contributed by atoms with Crippen molar-refractivity contribution in [2.24, 2.45) is 5.92 Å². The van der Waals surface area contributed by atoms with Crippen molar-refractivity contribution in [2.75, 3.05) is 0 Å². The average molecular weight is 652 g/mol. The molecule has 2 radical (unpaired) electrons. The van der Waals surface area contributed by atoms with E-state index in [-0.39, 0.29) is 56.9 Å². The zero-order valence-electron chi connectivity index (χ0n) is 22.5. The summed E-state index contributed by atoms with van der Waals surface area (Å²) in [5.74, 6) is -0.393. The molecule has 5 aromatic carbocycles. The van der Waals surface area contributed by atoms with Crippen LogP contribution in [-0.2, 0) is 31.0 Å². The summed E-state index contributed by atoms with van der Waals surface area (Å²) in [4.78, 5) is 10.5. The van der Waals surface area contributed by atoms with Gasteiger partial charge < -0.3 is 35.3 Å². The number of hydrogen-bond acceptors (Lipinski definition) is 1. The van der Waals surface area contributed by atoms with E-state index in [0.29, 0.717) is 0 Å². The number of carbonyl (C=O) groups excluding carboxylic acids is 1. The maximum absolute atomic E-state index is 10.5. The molecule has 0 bridgehead atoms. The van der Waals surface area contributed by atoms with Gasteiger partial charge in [0.25, 0.3) is 0 Å². The molecule has 0 fully saturated rings. The molecule has 5 aromatic rings. The molecule has 200 valence electrons. The first-order valence-electron chi connectivity index (χ1n) is 12.8. The molecule has 0 aliphatic heterocycles. The summed E-state index contributed by atoms with van der Waals surface area (Å²) < 4.78 is 0. The minimum Gasteiger partial charge on any atom is -1.00 e. The van der Waals surface area contributed by atoms with E-state index in [1.54, 1.807) is 0 Å². The van der Waals surface area contributed by atoms with Gasteiger partial charge in [-0.2, -0.15) is 0 Å². The number of hydrogen-bond donors (Lipinski definition) is 0. The number of amides is 1. The van der Waals surface area contributed by atoms with Crippen LogP contribution in [0.4, 0.5) is 0 Å². The van der Waals surface area contributed by atoms with Crippen LogP contribution in [0.25, 0.3) is 27.3 Å². The molecule has 0 aliphatic rings. The molecular weight excluding hydrogens is 617 g/mol. The Kier molecular flexibility index (Phi) is 19.6. The minimum absolute atomic E-state index is 0. The van der Waals surface area contributed by atoms with Crippen LogP contribution < -0.4 is 35.2 Å². The number of benzene rings is 4. The van der Waals surface area contributed by atoms with Crippen molar-refractivity contribution >= 4 is 47.3 Å². The Bertz CT molecular complexity index is 1240. The number of halogens is 2. The van der Waals surface area contributed by atoms with Gasteiger partial charge >= 0.3 is 26.2 Å². The van der Waals surface area contributed by atoms with Crippen LogP contribution in [-0.4, -0.2) is 15.4 Å². The second kappa shape index (κ2) is 20.8. The summed E-state index contributed by atoms with van der Waals surface area (Å²) in [7, 11) is 0.777. The van der Waals surface area contributed by atoms with Gasteiger partial charge in [0.15, 0.2) is 0 Å². The number of nitrogens with one attached hydrogen (secondary N) is 1. The van der Waals surface area contributed by atoms with Crippen LogP contribution in [0.2, 0.25) is 0 Å². The van der Waals surface area contributed by atoms with Gasteiger partial charge in [-0.3, -0.25) is 0 Å². The van der Waals surface area contributed by atoms with Crippen molar-refractivity contribution in [1.82, 2.24) is 0 Å². The Morgan fingerprint density at radius 3 is 1.51 bits per heavy atom. The van der Waals surface area contributed by atoms with Crippen LogP contribution in [0.5, 0.6) is 0 Å². The maximum Gasteiger partial charge on any atom is 4.00 e. The molecule has 5 rings (SSSR count). The van der Waals surface area contributed by atoms with Gasteiger partial charge in [-0.25, -0.2) is 0 Å². The fraction of sp³-hybridized carbons (Fsp3) is 0.212. The van der Waals surface area contributed by atoms with Crippen LogP contribution in [0.3, 0.4) is 0 Å². The van der Waals surface area contributed by atoms with E-state index < -0.39 is 5.91 Å². The van der Waals surface area contributed by atoms with E-state index in [1.807, 2.05) is 6.92 Å². The Morgan fingerprint density at radius 1 is 0.718 bits per heavy atom. The molecule has 39 heavy (non-hydrogen) atoms. The van der Waals surface area contributed by atoms with Gasteiger partial charge in [-0.05, 0) is 18.8 Å². The van der Waals surface area contributed by atoms with Crippen LogP contribution in [0, 0.1) is 5.92 Å². The van der Waals surface area contributed by atoms with Crippen molar-refractivity contribution < 1.29 is 55.8 Å². The van der Waals surface area contributed by atoms with Gasteiger partial charge in [-0.15, -0.1) is 39.7 Å². The topological polar surface area (TPSA) is 40.9 Å². The molecule has 1 atom stereocenters. The first-order valence-corrected chi connectivity index (χ1v) is 13.8. The summed E-state index contributed by atoms with van der Waals surface area (Å²) in [5, 5.41) is 8.19. The Balaban J connectivity index is 0.000000542. The van der Waals surface area contributed by atoms with E-state index in [4.69, 9.17) is 5.73 Å². The SMILES string of the molecule is CCCCC(CC)C([NH-])=O.[Cl-].[Cl-].[Zr+4].c1ccc([Si]c2ccccc2)cc1.c1ccc2c(c1)[cH-]c1ccccc12. The van der Waals surface area contributed by atoms with E-state index in [9.17, 15) is 4.79 Å². The molecule has 2 nitrogen and oxygen atoms in total. The standard InChI is InChI=1S/C13H9.C12H10Si.C8H17NO.2ClH.Zr/c1-3-7-12-10(5-1)9-11-6-2-4-8-13(11)12;1-3-7-11(8-4-1)13-12-9-5-2-6-10-12;1-3-5-6-7(4-2)8(9)10;;;/h1-9H;1-10H;7H,3-6H2,1-2H3,(H2,9,10);2*1H;/q-1;;;;;+4/p-3. The normalized spacial score (nSPS) is 10.3. The predicted octanol–water partition coefficient (Wildman–Crippen LogP) is 1.84. The Morgan fingerprint density at radius 2 is 1.13 bits per heavy atom. The van der Waals surface area contributed by atoms with Gasteiger partial charge in [0.1, 0.15) is 9.52 Å². The smallest absolute Gasteiger partial charge is 1.00 e. The van der Waals surface area contributed by atoms with Crippen molar-refractivity contribution in [3.63, 3.8) is 0 Å². The average Bonchev–Trinajstić information content (AvgIpc) is 3.30. The van der Waals surface area contributed by atoms with E-state index in [2.05, 4.69) is 122 Å². The minimum atomic E-state index is -0.393. The van der Waals surface area contributed by atoms with Crippen LogP contribution in [0.1, 0.15) is 39.5 Å². The van der Waals surface area contributed by atoms with Crippen LogP contribution in [0.15, 0.2) is 115 Å². The quantitative estimate of drug-likeness (QED) is 0.196. The van der Waals surface area contributed by atoms with Crippen molar-refractivity contribution in [3.05, 3.63) is 121 Å². The fourth-order valence-electron chi connectivity index (χ4n) is 4.08. The Labute approximate surface area is 267 Å². The number of carbonyl (C=O) groups is 1. The largest absolute Gasteiger partial charge is 4.00 e. The second-order valence-corrected chi connectivity index (χ2v) is 10.2. The zero-order valence-corrected chi connectivity index (χ0v) is 27.5. The summed E-state index contributed by atoms with van der Waals surface area (Å²) in [6.07, 6.45) is 3.91. The fourth-order valence-corrected chi connectivity index (χ4v) is 5.14. The van der Waals surface area contributed by atoms with Crippen molar-refractivity contribution in [3.8, 4) is 0 Å². The number of rotatable bonds is 7. The van der Waals surface area contributed by atoms with E-state index in [1.165, 1.54) is 31.9 Å². The molecule has 0 saturated carbocycles. The van der Waals surface area contributed by atoms with E-state index in [0.717, 1.165) is 35.2 Å². The Hall–Kier alpha value is -2.10. The van der Waals surface area contributed by atoms with Crippen molar-refractivity contribution in [2.45, 2.75) is 39.5 Å². The molecule has 0 spiro atoms. The van der Waals surface area contributed by atoms with Crippen molar-refractivity contribution in [1.29, 1.82) is 0 Å². The second-order valence-electron chi connectivity index (χ2n) is 8.79. The van der Waals surface area contributed by atoms with E-state index >= 15 is 0 Å². The molecular formula is C33H35Cl2NOSiZr. The molecule has 0 aliphatic carbocycles. The zero-order chi connectivity index (χ0) is 25.6. The summed E-state index contributed by atoms with van der Waals surface area (Å²) >= 11 is 0. The molecule has 1 amide bonds. The monoisotopic (exact) mass is 649 g/mol. The van der Waals surface area contributed by atoms with Gasteiger partial charge in [0.2, 0.25) is 0 Å². The predicted molar refractivity (Wildman–Crippen MR) is 158 cm³/mol. The molecule has 0 aromatic heterocycles. The van der Waals surface area contributed by atoms with Gasteiger partial charge in [0.05, 0.1) is 5.91 Å². The third-order valence-corrected chi connectivity index (χ3v) is 7.37. The molecule has 1 N–H and O–H groups in total. The molecule has 6 heteroatoms. The summed E-state index contributed by atoms with van der Waals surface area (Å²) in [6.45, 7) is 4.06. The first kappa shape index (κ1) is 36.9. The summed E-state index contributed by atoms with van der Waals surface area (Å²) in [6, 6.07) is 40.4. The molecule has 1 unspecified atom stereocenters. The molecule has 0 saturated heterocycles. The third-order valence-electron chi connectivity index (χ3n) is 6.13. The number of fused-ring (bicyclic) bond motifs is 3. The maximum atomic E-state index is 10.5. The van der Waals surface area contributed by atoms with Crippen LogP contribution >= 0.6 is 0 Å². The number of unbranched alkanes of at least 4 members (excludes halogenated alkanes) is 1. The molecule has 0 heterocycles.